The smallest absolute Gasteiger partial charge is 0.234 e. The number of likely N-dealkylation sites (N-methyl/N-ethyl adjacent to an activating group) is 1. The molecule has 0 unspecified atom stereocenters. The van der Waals surface area contributed by atoms with Crippen molar-refractivity contribution in [3.8, 4) is 0 Å². The summed E-state index contributed by atoms with van der Waals surface area (Å²) in [5.74, 6) is 0.753. The van der Waals surface area contributed by atoms with Crippen molar-refractivity contribution in [3.05, 3.63) is 0 Å². The monoisotopic (exact) mass is 186 g/mol. The van der Waals surface area contributed by atoms with Crippen LogP contribution in [0.3, 0.4) is 0 Å². The molecule has 0 aliphatic heterocycles. The highest BCUT2D eigenvalue weighted by Crippen LogP contribution is 2.04. The molecule has 1 N–H and O–H groups in total. The van der Waals surface area contributed by atoms with Crippen molar-refractivity contribution in [2.24, 2.45) is 5.92 Å². The van der Waals surface area contributed by atoms with E-state index in [1.165, 1.54) is 0 Å². The molecule has 0 aromatic rings. The van der Waals surface area contributed by atoms with E-state index in [9.17, 15) is 4.79 Å². The molecule has 0 aromatic heterocycles. The fourth-order valence-electron chi connectivity index (χ4n) is 1.18. The van der Waals surface area contributed by atoms with Crippen molar-refractivity contribution < 1.29 is 4.79 Å². The summed E-state index contributed by atoms with van der Waals surface area (Å²) < 4.78 is 0. The maximum absolute atomic E-state index is 11.2. The molecule has 0 heterocycles. The molecular formula is C10H22N2O. The Bertz CT molecular complexity index is 142. The molecule has 0 aliphatic carbocycles. The van der Waals surface area contributed by atoms with Gasteiger partial charge in [-0.25, -0.2) is 0 Å². The van der Waals surface area contributed by atoms with Gasteiger partial charge in [0.25, 0.3) is 0 Å². The molecule has 0 rings (SSSR count). The molecule has 0 aliphatic rings. The Balaban J connectivity index is 3.56. The van der Waals surface area contributed by atoms with Gasteiger partial charge < -0.3 is 10.2 Å². The lowest BCUT2D eigenvalue weighted by atomic mass is 10.0. The van der Waals surface area contributed by atoms with Crippen LogP contribution in [0.1, 0.15) is 26.7 Å². The lowest BCUT2D eigenvalue weighted by Crippen LogP contribution is -2.35. The van der Waals surface area contributed by atoms with Gasteiger partial charge in [0.1, 0.15) is 0 Å². The fraction of sp³-hybridized carbons (Fsp3) is 0.900. The third-order valence-electron chi connectivity index (χ3n) is 2.20. The van der Waals surface area contributed by atoms with Gasteiger partial charge in [-0.3, -0.25) is 4.79 Å². The highest BCUT2D eigenvalue weighted by Gasteiger charge is 2.06. The van der Waals surface area contributed by atoms with Crippen molar-refractivity contribution in [2.45, 2.75) is 26.7 Å². The Kier molecular flexibility index (Phi) is 6.59. The summed E-state index contributed by atoms with van der Waals surface area (Å²) in [6, 6.07) is 0. The van der Waals surface area contributed by atoms with E-state index in [1.807, 2.05) is 19.0 Å². The van der Waals surface area contributed by atoms with Gasteiger partial charge >= 0.3 is 0 Å². The Morgan fingerprint density at radius 3 is 2.23 bits per heavy atom. The van der Waals surface area contributed by atoms with Crippen LogP contribution in [-0.4, -0.2) is 38.0 Å². The van der Waals surface area contributed by atoms with E-state index in [1.54, 1.807) is 0 Å². The first kappa shape index (κ1) is 12.4. The predicted octanol–water partition coefficient (Wildman–Crippen LogP) is 1.10. The molecule has 3 nitrogen and oxygen atoms in total. The number of hydrogen-bond acceptors (Lipinski definition) is 2. The topological polar surface area (TPSA) is 32.3 Å². The summed E-state index contributed by atoms with van der Waals surface area (Å²) in [7, 11) is 3.80. The summed E-state index contributed by atoms with van der Waals surface area (Å²) in [6.07, 6.45) is 2.28. The van der Waals surface area contributed by atoms with Gasteiger partial charge in [-0.2, -0.15) is 0 Å². The highest BCUT2D eigenvalue weighted by molar-refractivity contribution is 5.77. The number of carbonyl (C=O) groups excluding carboxylic acids is 1. The highest BCUT2D eigenvalue weighted by atomic mass is 16.1. The molecule has 13 heavy (non-hydrogen) atoms. The summed E-state index contributed by atoms with van der Waals surface area (Å²) in [6.45, 7) is 5.62. The summed E-state index contributed by atoms with van der Waals surface area (Å²) in [5, 5.41) is 2.94. The molecule has 3 heteroatoms. The zero-order valence-corrected chi connectivity index (χ0v) is 9.26. The van der Waals surface area contributed by atoms with E-state index in [-0.39, 0.29) is 5.91 Å². The SMILES string of the molecule is CCC(CC)CNC(=O)CN(C)C. The minimum atomic E-state index is 0.122. The minimum absolute atomic E-state index is 0.122. The summed E-state index contributed by atoms with van der Waals surface area (Å²) in [5.41, 5.74) is 0. The van der Waals surface area contributed by atoms with Crippen LogP contribution < -0.4 is 5.32 Å². The Hall–Kier alpha value is -0.570. The molecule has 0 saturated carbocycles. The van der Waals surface area contributed by atoms with Crippen LogP contribution in [0.15, 0.2) is 0 Å². The van der Waals surface area contributed by atoms with Crippen molar-refractivity contribution in [3.63, 3.8) is 0 Å². The lowest BCUT2D eigenvalue weighted by molar-refractivity contribution is -0.121. The van der Waals surface area contributed by atoms with E-state index in [0.29, 0.717) is 12.5 Å². The molecule has 0 bridgehead atoms. The molecule has 0 fully saturated rings. The van der Waals surface area contributed by atoms with E-state index >= 15 is 0 Å². The first-order valence-corrected chi connectivity index (χ1v) is 5.01. The van der Waals surface area contributed by atoms with Crippen molar-refractivity contribution >= 4 is 5.91 Å². The van der Waals surface area contributed by atoms with Gasteiger partial charge in [-0.1, -0.05) is 26.7 Å². The Morgan fingerprint density at radius 2 is 1.85 bits per heavy atom. The second-order valence-electron chi connectivity index (χ2n) is 3.72. The van der Waals surface area contributed by atoms with Crippen LogP contribution in [0.5, 0.6) is 0 Å². The number of rotatable bonds is 6. The van der Waals surface area contributed by atoms with Crippen LogP contribution in [0.25, 0.3) is 0 Å². The van der Waals surface area contributed by atoms with Crippen LogP contribution in [0.2, 0.25) is 0 Å². The number of carbonyl (C=O) groups is 1. The third kappa shape index (κ3) is 6.58. The van der Waals surface area contributed by atoms with Gasteiger partial charge in [0, 0.05) is 6.54 Å². The zero-order valence-electron chi connectivity index (χ0n) is 9.26. The van der Waals surface area contributed by atoms with Crippen molar-refractivity contribution in [2.75, 3.05) is 27.2 Å². The molecular weight excluding hydrogens is 164 g/mol. The molecule has 1 amide bonds. The Morgan fingerprint density at radius 1 is 1.31 bits per heavy atom. The van der Waals surface area contributed by atoms with E-state index < -0.39 is 0 Å². The van der Waals surface area contributed by atoms with Crippen LogP contribution in [0.4, 0.5) is 0 Å². The van der Waals surface area contributed by atoms with Gasteiger partial charge in [0.2, 0.25) is 5.91 Å². The third-order valence-corrected chi connectivity index (χ3v) is 2.20. The average Bonchev–Trinajstić information content (AvgIpc) is 2.05. The summed E-state index contributed by atoms with van der Waals surface area (Å²) in [4.78, 5) is 13.1. The fourth-order valence-corrected chi connectivity index (χ4v) is 1.18. The van der Waals surface area contributed by atoms with E-state index in [4.69, 9.17) is 0 Å². The normalized spacial score (nSPS) is 10.9. The maximum Gasteiger partial charge on any atom is 0.234 e. The van der Waals surface area contributed by atoms with E-state index in [0.717, 1.165) is 19.4 Å². The second kappa shape index (κ2) is 6.89. The largest absolute Gasteiger partial charge is 0.355 e. The number of hydrogen-bond donors (Lipinski definition) is 1. The number of nitrogens with zero attached hydrogens (tertiary/aromatic N) is 1. The first-order chi connectivity index (χ1) is 6.10. The van der Waals surface area contributed by atoms with Gasteiger partial charge in [0.05, 0.1) is 6.54 Å². The van der Waals surface area contributed by atoms with E-state index in [2.05, 4.69) is 19.2 Å². The molecule has 0 radical (unpaired) electrons. The zero-order chi connectivity index (χ0) is 10.3. The second-order valence-corrected chi connectivity index (χ2v) is 3.72. The molecule has 0 aromatic carbocycles. The molecule has 0 atom stereocenters. The lowest BCUT2D eigenvalue weighted by Gasteiger charge is -2.14. The number of amides is 1. The minimum Gasteiger partial charge on any atom is -0.355 e. The van der Waals surface area contributed by atoms with Crippen LogP contribution in [-0.2, 0) is 4.79 Å². The molecule has 0 saturated heterocycles. The van der Waals surface area contributed by atoms with Crippen molar-refractivity contribution in [1.82, 2.24) is 10.2 Å². The number of nitrogens with one attached hydrogen (secondary N) is 1. The van der Waals surface area contributed by atoms with Gasteiger partial charge in [0.15, 0.2) is 0 Å². The quantitative estimate of drug-likeness (QED) is 0.673. The average molecular weight is 186 g/mol. The summed E-state index contributed by atoms with van der Waals surface area (Å²) >= 11 is 0. The van der Waals surface area contributed by atoms with Gasteiger partial charge in [-0.15, -0.1) is 0 Å². The molecule has 78 valence electrons. The van der Waals surface area contributed by atoms with Crippen molar-refractivity contribution in [1.29, 1.82) is 0 Å². The maximum atomic E-state index is 11.2. The van der Waals surface area contributed by atoms with Crippen LogP contribution >= 0.6 is 0 Å². The first-order valence-electron chi connectivity index (χ1n) is 5.01. The standard InChI is InChI=1S/C10H22N2O/c1-5-9(6-2)7-11-10(13)8-12(3)4/h9H,5-8H2,1-4H3,(H,11,13). The Labute approximate surface area is 81.5 Å². The predicted molar refractivity (Wildman–Crippen MR) is 55.6 cm³/mol. The van der Waals surface area contributed by atoms with Crippen LogP contribution in [0, 0.1) is 5.92 Å². The molecule has 0 spiro atoms. The van der Waals surface area contributed by atoms with Gasteiger partial charge in [-0.05, 0) is 20.0 Å².